The van der Waals surface area contributed by atoms with Crippen molar-refractivity contribution >= 4 is 35.2 Å². The number of rotatable bonds is 6. The summed E-state index contributed by atoms with van der Waals surface area (Å²) in [6, 6.07) is 9.27. The lowest BCUT2D eigenvalue weighted by atomic mass is 10.3. The Morgan fingerprint density at radius 1 is 1.26 bits per heavy atom. The number of hydrogen-bond donors (Lipinski definition) is 1. The maximum Gasteiger partial charge on any atom is 0.433 e. The van der Waals surface area contributed by atoms with Gasteiger partial charge in [-0.25, -0.2) is 4.79 Å². The summed E-state index contributed by atoms with van der Waals surface area (Å²) in [5.41, 5.74) is 0.567. The van der Waals surface area contributed by atoms with Gasteiger partial charge in [0, 0.05) is 10.6 Å². The zero-order valence-electron chi connectivity index (χ0n) is 12.0. The van der Waals surface area contributed by atoms with Gasteiger partial charge in [-0.05, 0) is 36.6 Å². The quantitative estimate of drug-likeness (QED) is 0.373. The Kier molecular flexibility index (Phi) is 5.36. The minimum absolute atomic E-state index is 0.339. The van der Waals surface area contributed by atoms with Crippen molar-refractivity contribution in [2.75, 3.05) is 18.2 Å². The number of nitrogens with zero attached hydrogens (tertiary/aromatic N) is 1. The fourth-order valence-corrected chi connectivity index (χ4v) is 2.02. The van der Waals surface area contributed by atoms with Gasteiger partial charge in [0.05, 0.1) is 6.07 Å². The standard InChI is InChI=1S/C14H12N2O6S/c1-23-10-4-2-9(3-5-10)15-12(17)8-21-14(18)11-6-7-13(22-11)16(19)20/h2-7H,8H2,1H3,(H,15,17). The van der Waals surface area contributed by atoms with Crippen molar-refractivity contribution in [3.8, 4) is 0 Å². The summed E-state index contributed by atoms with van der Waals surface area (Å²) in [4.78, 5) is 34.0. The fourth-order valence-electron chi connectivity index (χ4n) is 1.61. The average molecular weight is 336 g/mol. The van der Waals surface area contributed by atoms with Gasteiger partial charge in [0.1, 0.15) is 4.92 Å². The molecule has 0 aliphatic heterocycles. The van der Waals surface area contributed by atoms with Crippen LogP contribution in [0.15, 0.2) is 45.7 Å². The van der Waals surface area contributed by atoms with Crippen LogP contribution >= 0.6 is 11.8 Å². The van der Waals surface area contributed by atoms with Crippen LogP contribution in [-0.2, 0) is 9.53 Å². The monoisotopic (exact) mass is 336 g/mol. The third-order valence-corrected chi connectivity index (χ3v) is 3.42. The van der Waals surface area contributed by atoms with Gasteiger partial charge in [-0.15, -0.1) is 11.8 Å². The molecule has 0 saturated heterocycles. The summed E-state index contributed by atoms with van der Waals surface area (Å²) in [6.45, 7) is -0.530. The molecule has 0 unspecified atom stereocenters. The van der Waals surface area contributed by atoms with Gasteiger partial charge in [0.15, 0.2) is 6.61 Å². The number of hydrogen-bond acceptors (Lipinski definition) is 7. The molecule has 0 aliphatic carbocycles. The minimum Gasteiger partial charge on any atom is -0.450 e. The van der Waals surface area contributed by atoms with Crippen LogP contribution in [0.5, 0.6) is 0 Å². The normalized spacial score (nSPS) is 10.1. The molecule has 0 aliphatic rings. The average Bonchev–Trinajstić information content (AvgIpc) is 3.03. The van der Waals surface area contributed by atoms with Crippen molar-refractivity contribution in [3.05, 3.63) is 52.3 Å². The van der Waals surface area contributed by atoms with E-state index in [9.17, 15) is 19.7 Å². The summed E-state index contributed by atoms with van der Waals surface area (Å²) < 4.78 is 9.40. The van der Waals surface area contributed by atoms with Crippen LogP contribution in [0.25, 0.3) is 0 Å². The van der Waals surface area contributed by atoms with Crippen molar-refractivity contribution in [2.24, 2.45) is 0 Å². The lowest BCUT2D eigenvalue weighted by Crippen LogP contribution is -2.20. The number of nitrogens with one attached hydrogen (secondary N) is 1. The molecule has 1 heterocycles. The summed E-state index contributed by atoms with van der Waals surface area (Å²) in [6.07, 6.45) is 1.94. The predicted molar refractivity (Wildman–Crippen MR) is 82.5 cm³/mol. The Hall–Kier alpha value is -2.81. The van der Waals surface area contributed by atoms with E-state index in [2.05, 4.69) is 9.73 Å². The molecule has 0 bridgehead atoms. The van der Waals surface area contributed by atoms with Crippen LogP contribution in [0, 0.1) is 10.1 Å². The lowest BCUT2D eigenvalue weighted by Gasteiger charge is -2.06. The summed E-state index contributed by atoms with van der Waals surface area (Å²) in [5, 5.41) is 13.0. The van der Waals surface area contributed by atoms with Gasteiger partial charge in [-0.2, -0.15) is 0 Å². The highest BCUT2D eigenvalue weighted by Crippen LogP contribution is 2.18. The molecule has 9 heteroatoms. The lowest BCUT2D eigenvalue weighted by molar-refractivity contribution is -0.402. The van der Waals surface area contributed by atoms with Gasteiger partial charge < -0.3 is 14.5 Å². The minimum atomic E-state index is -0.953. The molecule has 2 rings (SSSR count). The number of ether oxygens (including phenoxy) is 1. The molecule has 8 nitrogen and oxygen atoms in total. The van der Waals surface area contributed by atoms with Crippen molar-refractivity contribution in [1.29, 1.82) is 0 Å². The summed E-state index contributed by atoms with van der Waals surface area (Å²) in [7, 11) is 0. The zero-order valence-corrected chi connectivity index (χ0v) is 12.8. The number of anilines is 1. The van der Waals surface area contributed by atoms with Gasteiger partial charge in [0.2, 0.25) is 5.76 Å². The van der Waals surface area contributed by atoms with Crippen LogP contribution in [0.1, 0.15) is 10.6 Å². The van der Waals surface area contributed by atoms with Crippen LogP contribution in [0.4, 0.5) is 11.6 Å². The van der Waals surface area contributed by atoms with Crippen LogP contribution in [-0.4, -0.2) is 29.7 Å². The molecule has 0 fully saturated rings. The number of benzene rings is 1. The van der Waals surface area contributed by atoms with E-state index in [0.717, 1.165) is 17.0 Å². The SMILES string of the molecule is CSc1ccc(NC(=O)COC(=O)c2ccc([N+](=O)[O-])o2)cc1. The molecule has 0 spiro atoms. The first-order valence-corrected chi connectivity index (χ1v) is 7.57. The largest absolute Gasteiger partial charge is 0.450 e. The van der Waals surface area contributed by atoms with E-state index in [1.165, 1.54) is 0 Å². The summed E-state index contributed by atoms with van der Waals surface area (Å²) >= 11 is 1.57. The van der Waals surface area contributed by atoms with Gasteiger partial charge in [-0.3, -0.25) is 14.9 Å². The second-order valence-electron chi connectivity index (χ2n) is 4.25. The Bertz CT molecular complexity index is 725. The molecule has 1 N–H and O–H groups in total. The molecule has 0 saturated carbocycles. The molecule has 2 aromatic rings. The molecule has 120 valence electrons. The van der Waals surface area contributed by atoms with E-state index >= 15 is 0 Å². The van der Waals surface area contributed by atoms with Crippen molar-refractivity contribution in [2.45, 2.75) is 4.90 Å². The van der Waals surface area contributed by atoms with E-state index in [1.807, 2.05) is 18.4 Å². The summed E-state index contributed by atoms with van der Waals surface area (Å²) in [5.74, 6) is -2.40. The first-order chi connectivity index (χ1) is 11.0. The number of esters is 1. The molecule has 1 aromatic carbocycles. The number of amides is 1. The topological polar surface area (TPSA) is 112 Å². The van der Waals surface area contributed by atoms with E-state index in [0.29, 0.717) is 5.69 Å². The maximum absolute atomic E-state index is 11.7. The highest BCUT2D eigenvalue weighted by atomic mass is 32.2. The Labute approximate surface area is 135 Å². The second kappa shape index (κ2) is 7.45. The Morgan fingerprint density at radius 2 is 1.96 bits per heavy atom. The molecular formula is C14H12N2O6S. The molecule has 23 heavy (non-hydrogen) atoms. The molecular weight excluding hydrogens is 324 g/mol. The van der Waals surface area contributed by atoms with Crippen molar-refractivity contribution in [1.82, 2.24) is 0 Å². The fraction of sp³-hybridized carbons (Fsp3) is 0.143. The van der Waals surface area contributed by atoms with Crippen molar-refractivity contribution in [3.63, 3.8) is 0 Å². The molecule has 0 atom stereocenters. The number of thioether (sulfide) groups is 1. The number of furan rings is 1. The van der Waals surface area contributed by atoms with Crippen LogP contribution in [0.3, 0.4) is 0 Å². The van der Waals surface area contributed by atoms with Gasteiger partial charge in [-0.1, -0.05) is 0 Å². The number of nitro groups is 1. The highest BCUT2D eigenvalue weighted by Gasteiger charge is 2.19. The Balaban J connectivity index is 1.85. The van der Waals surface area contributed by atoms with Gasteiger partial charge in [0.25, 0.3) is 5.91 Å². The first kappa shape index (κ1) is 16.6. The molecule has 0 radical (unpaired) electrons. The van der Waals surface area contributed by atoms with Gasteiger partial charge >= 0.3 is 11.9 Å². The predicted octanol–water partition coefficient (Wildman–Crippen LogP) is 2.71. The maximum atomic E-state index is 11.7. The van der Waals surface area contributed by atoms with E-state index < -0.39 is 29.3 Å². The van der Waals surface area contributed by atoms with E-state index in [-0.39, 0.29) is 5.76 Å². The third-order valence-electron chi connectivity index (χ3n) is 2.68. The third kappa shape index (κ3) is 4.58. The zero-order chi connectivity index (χ0) is 16.8. The second-order valence-corrected chi connectivity index (χ2v) is 5.13. The van der Waals surface area contributed by atoms with Crippen molar-refractivity contribution < 1.29 is 23.7 Å². The van der Waals surface area contributed by atoms with Crippen LogP contribution in [0.2, 0.25) is 0 Å². The Morgan fingerprint density at radius 3 is 2.52 bits per heavy atom. The van der Waals surface area contributed by atoms with Crippen LogP contribution < -0.4 is 5.32 Å². The highest BCUT2D eigenvalue weighted by molar-refractivity contribution is 7.98. The number of carbonyl (C=O) groups excluding carboxylic acids is 2. The number of carbonyl (C=O) groups is 2. The van der Waals surface area contributed by atoms with E-state index in [1.54, 1.807) is 23.9 Å². The molecule has 1 aromatic heterocycles. The van der Waals surface area contributed by atoms with E-state index in [4.69, 9.17) is 4.74 Å². The molecule has 1 amide bonds. The first-order valence-electron chi connectivity index (χ1n) is 6.35. The smallest absolute Gasteiger partial charge is 0.433 e.